The molecule has 0 bridgehead atoms. The van der Waals surface area contributed by atoms with Crippen LogP contribution in [-0.2, 0) is 9.59 Å². The van der Waals surface area contributed by atoms with E-state index < -0.39 is 41.9 Å². The first kappa shape index (κ1) is 29.0. The molecule has 0 saturated carbocycles. The fraction of sp³-hybridized carbons (Fsp3) is 0.308. The van der Waals surface area contributed by atoms with Crippen LogP contribution in [0, 0.1) is 11.8 Å². The summed E-state index contributed by atoms with van der Waals surface area (Å²) in [6.07, 6.45) is 0.340. The second kappa shape index (κ2) is 14.4. The van der Waals surface area contributed by atoms with E-state index in [0.29, 0.717) is 42.5 Å². The lowest BCUT2D eigenvalue weighted by Crippen LogP contribution is -2.51. The van der Waals surface area contributed by atoms with E-state index in [1.165, 1.54) is 24.5 Å². The number of carboxylic acids is 1. The lowest BCUT2D eigenvalue weighted by atomic mass is 10.1. The van der Waals surface area contributed by atoms with Gasteiger partial charge in [0.05, 0.1) is 6.10 Å². The van der Waals surface area contributed by atoms with E-state index in [1.807, 2.05) is 0 Å². The highest BCUT2D eigenvalue weighted by atomic mass is 16.5. The van der Waals surface area contributed by atoms with E-state index in [4.69, 9.17) is 10.9 Å². The molecule has 0 radical (unpaired) electrons. The summed E-state index contributed by atoms with van der Waals surface area (Å²) in [7, 11) is 0. The van der Waals surface area contributed by atoms with Crippen molar-refractivity contribution in [2.75, 3.05) is 6.54 Å². The maximum atomic E-state index is 12.4. The Morgan fingerprint density at radius 1 is 0.865 bits per heavy atom. The summed E-state index contributed by atoms with van der Waals surface area (Å²) in [5.74, 6) is 2.70. The molecule has 0 saturated heterocycles. The minimum Gasteiger partial charge on any atom is -0.480 e. The molecule has 37 heavy (non-hydrogen) atoms. The van der Waals surface area contributed by atoms with Gasteiger partial charge in [0.1, 0.15) is 12.1 Å². The van der Waals surface area contributed by atoms with Crippen molar-refractivity contribution in [3.63, 3.8) is 0 Å². The van der Waals surface area contributed by atoms with Gasteiger partial charge in [-0.3, -0.25) is 19.6 Å². The highest BCUT2D eigenvalue weighted by Crippen LogP contribution is 2.08. The minimum atomic E-state index is -1.33. The molecule has 3 amide bonds. The first-order chi connectivity index (χ1) is 17.7. The molecule has 8 N–H and O–H groups in total. The molecule has 0 fully saturated rings. The number of aliphatic hydroxyl groups excluding tert-OH is 1. The number of benzene rings is 2. The molecule has 0 aliphatic rings. The Labute approximate surface area is 214 Å². The fourth-order valence-corrected chi connectivity index (χ4v) is 3.25. The number of nitrogens with two attached hydrogens (primary N) is 1. The van der Waals surface area contributed by atoms with Gasteiger partial charge in [-0.1, -0.05) is 11.8 Å². The molecular weight excluding hydrogens is 480 g/mol. The fourth-order valence-electron chi connectivity index (χ4n) is 3.25. The zero-order valence-electron chi connectivity index (χ0n) is 20.2. The van der Waals surface area contributed by atoms with Crippen LogP contribution >= 0.6 is 0 Å². The Morgan fingerprint density at radius 2 is 1.35 bits per heavy atom. The second-order valence-electron chi connectivity index (χ2n) is 8.22. The van der Waals surface area contributed by atoms with Crippen molar-refractivity contribution >= 4 is 23.7 Å². The van der Waals surface area contributed by atoms with E-state index in [2.05, 4.69) is 22.5 Å². The summed E-state index contributed by atoms with van der Waals surface area (Å²) in [4.78, 5) is 47.7. The van der Waals surface area contributed by atoms with Crippen molar-refractivity contribution in [2.24, 2.45) is 5.73 Å². The van der Waals surface area contributed by atoms with Crippen LogP contribution in [0.1, 0.15) is 58.0 Å². The number of carbonyl (C=O) groups excluding carboxylic acids is 3. The molecule has 0 heterocycles. The number of hydroxylamine groups is 1. The van der Waals surface area contributed by atoms with Crippen LogP contribution in [0.2, 0.25) is 0 Å². The minimum absolute atomic E-state index is 0.222. The molecule has 0 aromatic heterocycles. The van der Waals surface area contributed by atoms with Gasteiger partial charge in [0.2, 0.25) is 0 Å². The second-order valence-corrected chi connectivity index (χ2v) is 8.22. The van der Waals surface area contributed by atoms with Gasteiger partial charge in [0, 0.05) is 22.3 Å². The van der Waals surface area contributed by atoms with Crippen LogP contribution in [-0.4, -0.2) is 63.8 Å². The van der Waals surface area contributed by atoms with E-state index in [0.717, 1.165) is 0 Å². The van der Waals surface area contributed by atoms with Crippen molar-refractivity contribution in [1.82, 2.24) is 16.1 Å². The number of hydrogen-bond acceptors (Lipinski definition) is 7. The summed E-state index contributed by atoms with van der Waals surface area (Å²) in [6.45, 7) is 1.76. The highest BCUT2D eigenvalue weighted by Gasteiger charge is 2.25. The quantitative estimate of drug-likeness (QED) is 0.0976. The molecule has 11 heteroatoms. The molecule has 11 nitrogen and oxygen atoms in total. The summed E-state index contributed by atoms with van der Waals surface area (Å²) >= 11 is 0. The third-order valence-electron chi connectivity index (χ3n) is 5.36. The predicted octanol–water partition coefficient (Wildman–Crippen LogP) is 0.383. The van der Waals surface area contributed by atoms with Gasteiger partial charge in [0.25, 0.3) is 17.7 Å². The zero-order chi connectivity index (χ0) is 27.4. The lowest BCUT2D eigenvalue weighted by molar-refractivity contribution is -0.139. The van der Waals surface area contributed by atoms with Crippen LogP contribution < -0.4 is 21.8 Å². The number of aliphatic hydroxyl groups is 1. The Bertz CT molecular complexity index is 1150. The molecule has 2 rings (SSSR count). The predicted molar refractivity (Wildman–Crippen MR) is 134 cm³/mol. The average molecular weight is 511 g/mol. The number of nitrogens with one attached hydrogen (secondary N) is 3. The first-order valence-electron chi connectivity index (χ1n) is 11.5. The zero-order valence-corrected chi connectivity index (χ0v) is 20.2. The van der Waals surface area contributed by atoms with Crippen molar-refractivity contribution in [3.05, 3.63) is 70.8 Å². The third kappa shape index (κ3) is 9.05. The molecule has 0 unspecified atom stereocenters. The summed E-state index contributed by atoms with van der Waals surface area (Å²) in [5.41, 5.74) is 8.56. The van der Waals surface area contributed by atoms with Gasteiger partial charge in [0.15, 0.2) is 0 Å². The van der Waals surface area contributed by atoms with Crippen molar-refractivity contribution < 1.29 is 34.6 Å². The first-order valence-corrected chi connectivity index (χ1v) is 11.5. The summed E-state index contributed by atoms with van der Waals surface area (Å²) < 4.78 is 0. The SMILES string of the molecule is C[C@@H](O)[C@H](NC(=O)c1ccc(C#Cc2ccc(C(=O)N[C@@H](CCCCN)C(=O)O)cc2)cc1)C(=O)NO. The molecule has 0 spiro atoms. The number of unbranched alkanes of at least 4 members (excludes halogenated alkanes) is 1. The molecule has 196 valence electrons. The topological polar surface area (TPSA) is 191 Å². The Kier molecular flexibility index (Phi) is 11.2. The van der Waals surface area contributed by atoms with Gasteiger partial charge in [-0.05, 0) is 81.3 Å². The lowest BCUT2D eigenvalue weighted by Gasteiger charge is -2.19. The number of hydrogen-bond donors (Lipinski definition) is 7. The monoisotopic (exact) mass is 510 g/mol. The van der Waals surface area contributed by atoms with Crippen molar-refractivity contribution in [1.29, 1.82) is 0 Å². The maximum Gasteiger partial charge on any atom is 0.326 e. The van der Waals surface area contributed by atoms with Gasteiger partial charge >= 0.3 is 5.97 Å². The summed E-state index contributed by atoms with van der Waals surface area (Å²) in [6, 6.07) is 10.2. The number of rotatable bonds is 11. The van der Waals surface area contributed by atoms with Crippen molar-refractivity contribution in [2.45, 2.75) is 44.4 Å². The van der Waals surface area contributed by atoms with Crippen LogP contribution in [0.25, 0.3) is 0 Å². The molecule has 2 aromatic rings. The summed E-state index contributed by atoms with van der Waals surface area (Å²) in [5, 5.41) is 32.5. The largest absolute Gasteiger partial charge is 0.480 e. The Morgan fingerprint density at radius 3 is 1.76 bits per heavy atom. The average Bonchev–Trinajstić information content (AvgIpc) is 2.89. The highest BCUT2D eigenvalue weighted by molar-refractivity contribution is 5.98. The van der Waals surface area contributed by atoms with Crippen molar-refractivity contribution in [3.8, 4) is 11.8 Å². The number of amides is 3. The molecule has 0 aliphatic heterocycles. The standard InChI is InChI=1S/C26H30N4O7/c1-16(31)22(25(34)30-37)29-24(33)20-13-9-18(10-14-20)6-5-17-7-11-19(12-8-17)23(32)28-21(26(35)36)4-2-3-15-27/h7-14,16,21-22,31,37H,2-4,15,27H2,1H3,(H,28,32)(H,29,33)(H,30,34)(H,35,36)/t16-,21+,22+/m1/s1. The van der Waals surface area contributed by atoms with Crippen LogP contribution in [0.3, 0.4) is 0 Å². The van der Waals surface area contributed by atoms with Crippen LogP contribution in [0.4, 0.5) is 0 Å². The third-order valence-corrected chi connectivity index (χ3v) is 5.36. The van der Waals surface area contributed by atoms with Gasteiger partial charge in [-0.2, -0.15) is 0 Å². The molecule has 3 atom stereocenters. The Hall–Kier alpha value is -4.24. The van der Waals surface area contributed by atoms with E-state index in [1.54, 1.807) is 36.4 Å². The number of aliphatic carboxylic acids is 1. The molecule has 2 aromatic carbocycles. The van der Waals surface area contributed by atoms with Gasteiger partial charge in [-0.15, -0.1) is 0 Å². The number of carboxylic acid groups (broad SMARTS) is 1. The van der Waals surface area contributed by atoms with Gasteiger partial charge in [-0.25, -0.2) is 10.3 Å². The van der Waals surface area contributed by atoms with Gasteiger partial charge < -0.3 is 26.6 Å². The van der Waals surface area contributed by atoms with Crippen LogP contribution in [0.15, 0.2) is 48.5 Å². The normalized spacial score (nSPS) is 12.8. The smallest absolute Gasteiger partial charge is 0.326 e. The molecular formula is C26H30N4O7. The van der Waals surface area contributed by atoms with E-state index in [9.17, 15) is 29.4 Å². The van der Waals surface area contributed by atoms with E-state index >= 15 is 0 Å². The van der Waals surface area contributed by atoms with Crippen LogP contribution in [0.5, 0.6) is 0 Å². The van der Waals surface area contributed by atoms with E-state index in [-0.39, 0.29) is 5.56 Å². The number of carbonyl (C=O) groups is 4. The Balaban J connectivity index is 2.01. The maximum absolute atomic E-state index is 12.4. The molecule has 0 aliphatic carbocycles.